The van der Waals surface area contributed by atoms with Gasteiger partial charge in [0.1, 0.15) is 0 Å². The highest BCUT2D eigenvalue weighted by molar-refractivity contribution is 5.87. The molecule has 0 aromatic carbocycles. The molecule has 2 heterocycles. The van der Waals surface area contributed by atoms with Crippen molar-refractivity contribution in [2.75, 3.05) is 0 Å². The van der Waals surface area contributed by atoms with Crippen LogP contribution in [0.4, 0.5) is 0 Å². The smallest absolute Gasteiger partial charge is 0.303 e. The van der Waals surface area contributed by atoms with E-state index in [0.717, 1.165) is 25.7 Å². The van der Waals surface area contributed by atoms with Gasteiger partial charge in [0.05, 0.1) is 5.54 Å². The van der Waals surface area contributed by atoms with Gasteiger partial charge in [-0.3, -0.25) is 9.59 Å². The minimum atomic E-state index is -0.750. The number of fused-ring (bicyclic) bond motifs is 2. The van der Waals surface area contributed by atoms with Crippen LogP contribution in [0.1, 0.15) is 58.8 Å². The van der Waals surface area contributed by atoms with Crippen molar-refractivity contribution in [2.45, 2.75) is 76.4 Å². The molecule has 5 nitrogen and oxygen atoms in total. The lowest BCUT2D eigenvalue weighted by atomic mass is 9.85. The summed E-state index contributed by atoms with van der Waals surface area (Å²) < 4.78 is 0. The number of carboxylic acid groups (broad SMARTS) is 1. The summed E-state index contributed by atoms with van der Waals surface area (Å²) in [5.41, 5.74) is 5.50. The Hall–Kier alpha value is -1.10. The van der Waals surface area contributed by atoms with Gasteiger partial charge in [-0.1, -0.05) is 13.8 Å². The van der Waals surface area contributed by atoms with Gasteiger partial charge in [-0.2, -0.15) is 0 Å². The Balaban J connectivity index is 2.09. The highest BCUT2D eigenvalue weighted by atomic mass is 16.4. The number of carboxylic acids is 1. The van der Waals surface area contributed by atoms with Crippen LogP contribution in [0.2, 0.25) is 0 Å². The Morgan fingerprint density at radius 2 is 1.70 bits per heavy atom. The average molecular weight is 282 g/mol. The molecular formula is C15H26N2O3. The normalized spacial score (nSPS) is 29.6. The van der Waals surface area contributed by atoms with Crippen LogP contribution in [0.3, 0.4) is 0 Å². The van der Waals surface area contributed by atoms with Gasteiger partial charge >= 0.3 is 5.97 Å². The lowest BCUT2D eigenvalue weighted by Gasteiger charge is -2.42. The first-order valence-electron chi connectivity index (χ1n) is 7.74. The maximum absolute atomic E-state index is 12.8. The largest absolute Gasteiger partial charge is 0.481 e. The minimum absolute atomic E-state index is 0.0729. The lowest BCUT2D eigenvalue weighted by molar-refractivity contribution is -0.143. The van der Waals surface area contributed by atoms with Crippen molar-refractivity contribution in [3.63, 3.8) is 0 Å². The Morgan fingerprint density at radius 1 is 1.20 bits per heavy atom. The van der Waals surface area contributed by atoms with Crippen molar-refractivity contribution in [3.8, 4) is 0 Å². The fourth-order valence-electron chi connectivity index (χ4n) is 3.84. The molecule has 2 rings (SSSR count). The number of hydrogen-bond acceptors (Lipinski definition) is 3. The molecule has 20 heavy (non-hydrogen) atoms. The number of aliphatic carboxylic acids is 1. The Morgan fingerprint density at radius 3 is 2.10 bits per heavy atom. The Kier molecular flexibility index (Phi) is 4.37. The summed E-state index contributed by atoms with van der Waals surface area (Å²) in [6.45, 7) is 3.92. The summed E-state index contributed by atoms with van der Waals surface area (Å²) in [4.78, 5) is 25.6. The van der Waals surface area contributed by atoms with E-state index in [2.05, 4.69) is 0 Å². The molecule has 2 bridgehead atoms. The van der Waals surface area contributed by atoms with Crippen molar-refractivity contribution in [1.29, 1.82) is 0 Å². The van der Waals surface area contributed by atoms with E-state index in [1.54, 1.807) is 0 Å². The monoisotopic (exact) mass is 282 g/mol. The van der Waals surface area contributed by atoms with Crippen molar-refractivity contribution in [2.24, 2.45) is 11.7 Å². The third-order valence-electron chi connectivity index (χ3n) is 5.22. The number of nitrogens with zero attached hydrogens (tertiary/aromatic N) is 1. The summed E-state index contributed by atoms with van der Waals surface area (Å²) >= 11 is 0. The van der Waals surface area contributed by atoms with E-state index in [1.807, 2.05) is 18.7 Å². The zero-order chi connectivity index (χ0) is 14.9. The summed E-state index contributed by atoms with van der Waals surface area (Å²) in [7, 11) is 0. The standard InChI is InChI=1S/C15H26N2O3/c1-3-15(16,4-2)14(20)17-11-5-6-12(17)8-10(7-11)9-13(18)19/h10-12H,3-9,16H2,1-2H3,(H,18,19). The summed E-state index contributed by atoms with van der Waals surface area (Å²) in [5.74, 6) is -0.447. The zero-order valence-electron chi connectivity index (χ0n) is 12.5. The minimum Gasteiger partial charge on any atom is -0.481 e. The molecule has 1 amide bonds. The van der Waals surface area contributed by atoms with Gasteiger partial charge in [0.15, 0.2) is 0 Å². The molecule has 0 aliphatic carbocycles. The molecule has 2 aliphatic heterocycles. The van der Waals surface area contributed by atoms with Gasteiger partial charge in [-0.15, -0.1) is 0 Å². The third-order valence-corrected chi connectivity index (χ3v) is 5.22. The van der Waals surface area contributed by atoms with Gasteiger partial charge in [0.25, 0.3) is 0 Å². The predicted octanol–water partition coefficient (Wildman–Crippen LogP) is 1.75. The highest BCUT2D eigenvalue weighted by Crippen LogP contribution is 2.41. The van der Waals surface area contributed by atoms with E-state index in [1.165, 1.54) is 0 Å². The van der Waals surface area contributed by atoms with Crippen LogP contribution in [0.5, 0.6) is 0 Å². The first-order valence-corrected chi connectivity index (χ1v) is 7.74. The van der Waals surface area contributed by atoms with Crippen LogP contribution in [-0.4, -0.2) is 39.5 Å². The van der Waals surface area contributed by atoms with Crippen LogP contribution >= 0.6 is 0 Å². The molecular weight excluding hydrogens is 256 g/mol. The van der Waals surface area contributed by atoms with Crippen molar-refractivity contribution < 1.29 is 14.7 Å². The van der Waals surface area contributed by atoms with Crippen molar-refractivity contribution in [1.82, 2.24) is 4.90 Å². The first kappa shape index (κ1) is 15.3. The summed E-state index contributed by atoms with van der Waals surface area (Å²) in [5, 5.41) is 8.94. The number of piperidine rings is 1. The highest BCUT2D eigenvalue weighted by Gasteiger charge is 2.47. The lowest BCUT2D eigenvalue weighted by Crippen LogP contribution is -2.59. The van der Waals surface area contributed by atoms with E-state index in [4.69, 9.17) is 10.8 Å². The fourth-order valence-corrected chi connectivity index (χ4v) is 3.84. The molecule has 2 fully saturated rings. The number of amides is 1. The van der Waals surface area contributed by atoms with Gasteiger partial charge in [0.2, 0.25) is 5.91 Å². The van der Waals surface area contributed by atoms with E-state index in [0.29, 0.717) is 12.8 Å². The summed E-state index contributed by atoms with van der Waals surface area (Å²) in [6, 6.07) is 0.401. The molecule has 2 atom stereocenters. The number of rotatable bonds is 5. The number of hydrogen-bond donors (Lipinski definition) is 2. The van der Waals surface area contributed by atoms with E-state index < -0.39 is 11.5 Å². The number of carbonyl (C=O) groups excluding carboxylic acids is 1. The van der Waals surface area contributed by atoms with Gasteiger partial charge in [0, 0.05) is 18.5 Å². The summed E-state index contributed by atoms with van der Waals surface area (Å²) in [6.07, 6.45) is 5.15. The van der Waals surface area contributed by atoms with Crippen LogP contribution < -0.4 is 5.73 Å². The van der Waals surface area contributed by atoms with E-state index in [-0.39, 0.29) is 30.3 Å². The molecule has 114 valence electrons. The second kappa shape index (κ2) is 5.72. The van der Waals surface area contributed by atoms with Crippen molar-refractivity contribution in [3.05, 3.63) is 0 Å². The van der Waals surface area contributed by atoms with Crippen LogP contribution in [0, 0.1) is 5.92 Å². The van der Waals surface area contributed by atoms with Crippen molar-refractivity contribution >= 4 is 11.9 Å². The molecule has 0 saturated carbocycles. The number of carbonyl (C=O) groups is 2. The van der Waals surface area contributed by atoms with Crippen LogP contribution in [0.15, 0.2) is 0 Å². The van der Waals surface area contributed by atoms with Gasteiger partial charge in [-0.25, -0.2) is 0 Å². The fraction of sp³-hybridized carbons (Fsp3) is 0.867. The molecule has 3 N–H and O–H groups in total. The maximum atomic E-state index is 12.8. The second-order valence-electron chi connectivity index (χ2n) is 6.40. The predicted molar refractivity (Wildman–Crippen MR) is 76.1 cm³/mol. The molecule has 2 saturated heterocycles. The average Bonchev–Trinajstić information content (AvgIpc) is 2.67. The molecule has 0 aromatic rings. The SMILES string of the molecule is CCC(N)(CC)C(=O)N1C2CCC1CC(CC(=O)O)C2. The molecule has 0 aromatic heterocycles. The zero-order valence-corrected chi connectivity index (χ0v) is 12.5. The van der Waals surface area contributed by atoms with E-state index >= 15 is 0 Å². The maximum Gasteiger partial charge on any atom is 0.303 e. The van der Waals surface area contributed by atoms with Gasteiger partial charge in [-0.05, 0) is 44.4 Å². The number of nitrogens with two attached hydrogens (primary N) is 1. The molecule has 0 radical (unpaired) electrons. The Labute approximate surface area is 120 Å². The topological polar surface area (TPSA) is 83.6 Å². The van der Waals surface area contributed by atoms with Gasteiger partial charge < -0.3 is 15.7 Å². The third kappa shape index (κ3) is 2.68. The van der Waals surface area contributed by atoms with E-state index in [9.17, 15) is 9.59 Å². The second-order valence-corrected chi connectivity index (χ2v) is 6.40. The van der Waals surface area contributed by atoms with Crippen LogP contribution in [0.25, 0.3) is 0 Å². The Bertz CT molecular complexity index is 379. The molecule has 2 aliphatic rings. The molecule has 0 spiro atoms. The van der Waals surface area contributed by atoms with Crippen LogP contribution in [-0.2, 0) is 9.59 Å². The quantitative estimate of drug-likeness (QED) is 0.804. The first-order chi connectivity index (χ1) is 9.41. The molecule has 2 unspecified atom stereocenters. The molecule has 5 heteroatoms.